The molecular weight excluding hydrogens is 326 g/mol. The Morgan fingerprint density at radius 3 is 2.95 bits per heavy atom. The van der Waals surface area contributed by atoms with Crippen molar-refractivity contribution >= 4 is 39.4 Å². The fraction of sp³-hybridized carbons (Fsp3) is 0.538. The highest BCUT2D eigenvalue weighted by atomic mass is 79.9. The minimum atomic E-state index is -0.0895. The van der Waals surface area contributed by atoms with E-state index in [1.165, 1.54) is 0 Å². The number of nitrogens with zero attached hydrogens (tertiary/aromatic N) is 1. The van der Waals surface area contributed by atoms with Crippen molar-refractivity contribution in [1.82, 2.24) is 10.3 Å². The summed E-state index contributed by atoms with van der Waals surface area (Å²) >= 11 is 5.08. The SMILES string of the molecule is CCCNc1ncc(Br)cc1C(=O)NCC(C)SC. The summed E-state index contributed by atoms with van der Waals surface area (Å²) < 4.78 is 0.803. The summed E-state index contributed by atoms with van der Waals surface area (Å²) in [6.45, 7) is 5.61. The van der Waals surface area contributed by atoms with E-state index in [1.807, 2.05) is 6.26 Å². The van der Waals surface area contributed by atoms with Crippen LogP contribution < -0.4 is 10.6 Å². The Bertz CT molecular complexity index is 428. The van der Waals surface area contributed by atoms with Gasteiger partial charge in [-0.2, -0.15) is 11.8 Å². The van der Waals surface area contributed by atoms with Crippen LogP contribution in [-0.2, 0) is 0 Å². The molecule has 19 heavy (non-hydrogen) atoms. The fourth-order valence-corrected chi connectivity index (χ4v) is 1.99. The molecule has 0 aliphatic heterocycles. The van der Waals surface area contributed by atoms with Crippen LogP contribution in [0.1, 0.15) is 30.6 Å². The van der Waals surface area contributed by atoms with Gasteiger partial charge in [-0.3, -0.25) is 4.79 Å². The first-order valence-corrected chi connectivity index (χ1v) is 8.37. The second kappa shape index (κ2) is 8.43. The maximum Gasteiger partial charge on any atom is 0.255 e. The zero-order valence-electron chi connectivity index (χ0n) is 11.5. The third-order valence-electron chi connectivity index (χ3n) is 2.59. The van der Waals surface area contributed by atoms with Gasteiger partial charge in [0.1, 0.15) is 5.82 Å². The van der Waals surface area contributed by atoms with E-state index in [-0.39, 0.29) is 5.91 Å². The summed E-state index contributed by atoms with van der Waals surface area (Å²) in [4.78, 5) is 16.4. The molecule has 0 aliphatic rings. The third-order valence-corrected chi connectivity index (χ3v) is 4.00. The number of thioether (sulfide) groups is 1. The smallest absolute Gasteiger partial charge is 0.255 e. The van der Waals surface area contributed by atoms with Gasteiger partial charge < -0.3 is 10.6 Å². The predicted molar refractivity (Wildman–Crippen MR) is 86.0 cm³/mol. The van der Waals surface area contributed by atoms with E-state index in [2.05, 4.69) is 45.4 Å². The number of hydrogen-bond donors (Lipinski definition) is 2. The number of pyridine rings is 1. The molecule has 0 saturated heterocycles. The predicted octanol–water partition coefficient (Wildman–Crippen LogP) is 3.15. The number of aromatic nitrogens is 1. The minimum absolute atomic E-state index is 0.0895. The van der Waals surface area contributed by atoms with Gasteiger partial charge in [0.05, 0.1) is 5.56 Å². The Kier molecular flexibility index (Phi) is 7.23. The Balaban J connectivity index is 2.78. The number of carbonyl (C=O) groups is 1. The molecule has 1 unspecified atom stereocenters. The van der Waals surface area contributed by atoms with Crippen molar-refractivity contribution in [1.29, 1.82) is 0 Å². The van der Waals surface area contributed by atoms with E-state index in [9.17, 15) is 4.79 Å². The normalized spacial score (nSPS) is 12.0. The van der Waals surface area contributed by atoms with Gasteiger partial charge in [0.15, 0.2) is 0 Å². The number of halogens is 1. The molecule has 4 nitrogen and oxygen atoms in total. The molecule has 1 heterocycles. The highest BCUT2D eigenvalue weighted by molar-refractivity contribution is 9.10. The first-order chi connectivity index (χ1) is 9.08. The van der Waals surface area contributed by atoms with Crippen LogP contribution in [-0.4, -0.2) is 35.5 Å². The van der Waals surface area contributed by atoms with Gasteiger partial charge in [-0.25, -0.2) is 4.98 Å². The molecule has 1 atom stereocenters. The molecule has 1 rings (SSSR count). The summed E-state index contributed by atoms with van der Waals surface area (Å²) in [7, 11) is 0. The van der Waals surface area contributed by atoms with Crippen LogP contribution >= 0.6 is 27.7 Å². The number of nitrogens with one attached hydrogen (secondary N) is 2. The number of anilines is 1. The van der Waals surface area contributed by atoms with E-state index < -0.39 is 0 Å². The molecule has 1 amide bonds. The molecule has 0 spiro atoms. The Labute approximate surface area is 127 Å². The van der Waals surface area contributed by atoms with E-state index >= 15 is 0 Å². The zero-order chi connectivity index (χ0) is 14.3. The molecule has 0 bridgehead atoms. The highest BCUT2D eigenvalue weighted by Crippen LogP contribution is 2.18. The van der Waals surface area contributed by atoms with Gasteiger partial charge in [-0.15, -0.1) is 0 Å². The average molecular weight is 346 g/mol. The van der Waals surface area contributed by atoms with Crippen LogP contribution in [0, 0.1) is 0 Å². The fourth-order valence-electron chi connectivity index (χ4n) is 1.41. The Morgan fingerprint density at radius 2 is 2.32 bits per heavy atom. The lowest BCUT2D eigenvalue weighted by molar-refractivity contribution is 0.0954. The lowest BCUT2D eigenvalue weighted by atomic mass is 10.2. The van der Waals surface area contributed by atoms with Crippen molar-refractivity contribution in [3.8, 4) is 0 Å². The summed E-state index contributed by atoms with van der Waals surface area (Å²) in [5.74, 6) is 0.549. The van der Waals surface area contributed by atoms with Gasteiger partial charge in [0, 0.05) is 29.0 Å². The molecule has 0 saturated carbocycles. The van der Waals surface area contributed by atoms with Gasteiger partial charge >= 0.3 is 0 Å². The summed E-state index contributed by atoms with van der Waals surface area (Å²) in [5, 5.41) is 6.51. The first kappa shape index (κ1) is 16.3. The molecule has 1 aromatic heterocycles. The van der Waals surface area contributed by atoms with Gasteiger partial charge in [0.25, 0.3) is 5.91 Å². The molecule has 0 fully saturated rings. The lowest BCUT2D eigenvalue weighted by Crippen LogP contribution is -2.30. The lowest BCUT2D eigenvalue weighted by Gasteiger charge is -2.13. The monoisotopic (exact) mass is 345 g/mol. The van der Waals surface area contributed by atoms with Crippen LogP contribution in [0.5, 0.6) is 0 Å². The van der Waals surface area contributed by atoms with Crippen molar-refractivity contribution in [2.24, 2.45) is 0 Å². The molecule has 0 aliphatic carbocycles. The summed E-state index contributed by atoms with van der Waals surface area (Å²) in [6.07, 6.45) is 4.72. The van der Waals surface area contributed by atoms with E-state index in [1.54, 1.807) is 24.0 Å². The second-order valence-electron chi connectivity index (χ2n) is 4.23. The topological polar surface area (TPSA) is 54.0 Å². The van der Waals surface area contributed by atoms with E-state index in [0.717, 1.165) is 17.4 Å². The molecular formula is C13H20BrN3OS. The van der Waals surface area contributed by atoms with Crippen molar-refractivity contribution in [3.63, 3.8) is 0 Å². The zero-order valence-corrected chi connectivity index (χ0v) is 13.9. The van der Waals surface area contributed by atoms with Crippen LogP contribution in [0.25, 0.3) is 0 Å². The Hall–Kier alpha value is -0.750. The first-order valence-electron chi connectivity index (χ1n) is 6.28. The van der Waals surface area contributed by atoms with Crippen LogP contribution in [0.2, 0.25) is 0 Å². The number of amides is 1. The van der Waals surface area contributed by atoms with Crippen molar-refractivity contribution < 1.29 is 4.79 Å². The van der Waals surface area contributed by atoms with E-state index in [4.69, 9.17) is 0 Å². The Morgan fingerprint density at radius 1 is 1.58 bits per heavy atom. The van der Waals surface area contributed by atoms with Crippen LogP contribution in [0.15, 0.2) is 16.7 Å². The largest absolute Gasteiger partial charge is 0.369 e. The number of carbonyl (C=O) groups excluding carboxylic acids is 1. The number of rotatable bonds is 7. The van der Waals surface area contributed by atoms with E-state index in [0.29, 0.717) is 23.2 Å². The number of hydrogen-bond acceptors (Lipinski definition) is 4. The third kappa shape index (κ3) is 5.40. The second-order valence-corrected chi connectivity index (χ2v) is 6.42. The van der Waals surface area contributed by atoms with Gasteiger partial charge in [0.2, 0.25) is 0 Å². The van der Waals surface area contributed by atoms with Crippen molar-refractivity contribution in [2.45, 2.75) is 25.5 Å². The molecule has 0 aromatic carbocycles. The maximum absolute atomic E-state index is 12.2. The van der Waals surface area contributed by atoms with Gasteiger partial charge in [-0.1, -0.05) is 13.8 Å². The molecule has 1 aromatic rings. The summed E-state index contributed by atoms with van der Waals surface area (Å²) in [5.41, 5.74) is 0.580. The maximum atomic E-state index is 12.2. The molecule has 6 heteroatoms. The molecule has 2 N–H and O–H groups in total. The molecule has 106 valence electrons. The summed E-state index contributed by atoms with van der Waals surface area (Å²) in [6, 6.07) is 1.80. The van der Waals surface area contributed by atoms with Crippen LogP contribution in [0.3, 0.4) is 0 Å². The van der Waals surface area contributed by atoms with Crippen molar-refractivity contribution in [2.75, 3.05) is 24.7 Å². The quantitative estimate of drug-likeness (QED) is 0.796. The standard InChI is InChI=1S/C13H20BrN3OS/c1-4-5-15-12-11(6-10(14)8-16-12)13(18)17-7-9(2)19-3/h6,8-9H,4-5,7H2,1-3H3,(H,15,16)(H,17,18). The highest BCUT2D eigenvalue weighted by Gasteiger charge is 2.13. The average Bonchev–Trinajstić information content (AvgIpc) is 2.42. The van der Waals surface area contributed by atoms with Gasteiger partial charge in [-0.05, 0) is 34.7 Å². The minimum Gasteiger partial charge on any atom is -0.369 e. The van der Waals surface area contributed by atoms with Crippen molar-refractivity contribution in [3.05, 3.63) is 22.3 Å². The molecule has 0 radical (unpaired) electrons. The van der Waals surface area contributed by atoms with Crippen LogP contribution in [0.4, 0.5) is 5.82 Å².